The summed E-state index contributed by atoms with van der Waals surface area (Å²) in [6, 6.07) is 4.69. The summed E-state index contributed by atoms with van der Waals surface area (Å²) in [5, 5.41) is 17.5. The van der Waals surface area contributed by atoms with E-state index in [4.69, 9.17) is 18.6 Å². The van der Waals surface area contributed by atoms with Crippen LogP contribution in [0.2, 0.25) is 0 Å². The van der Waals surface area contributed by atoms with Crippen LogP contribution in [-0.2, 0) is 4.79 Å². The number of hydrogen-bond donors (Lipinski definition) is 3. The van der Waals surface area contributed by atoms with Crippen LogP contribution in [0.25, 0.3) is 0 Å². The lowest BCUT2D eigenvalue weighted by Crippen LogP contribution is -2.62. The van der Waals surface area contributed by atoms with E-state index in [0.29, 0.717) is 22.8 Å². The van der Waals surface area contributed by atoms with Crippen molar-refractivity contribution < 1.29 is 28.5 Å². The van der Waals surface area contributed by atoms with Gasteiger partial charge in [-0.05, 0) is 53.5 Å². The fourth-order valence-corrected chi connectivity index (χ4v) is 5.59. The van der Waals surface area contributed by atoms with Crippen molar-refractivity contribution in [3.63, 3.8) is 0 Å². The van der Waals surface area contributed by atoms with E-state index in [1.807, 2.05) is 0 Å². The number of carbonyl (C=O) groups excluding carboxylic acids is 1. The molecule has 0 saturated carbocycles. The maximum atomic E-state index is 13.4. The maximum Gasteiger partial charge on any atom is 0.343 e. The van der Waals surface area contributed by atoms with E-state index < -0.39 is 11.5 Å². The van der Waals surface area contributed by atoms with Crippen LogP contribution in [0.3, 0.4) is 0 Å². The fourth-order valence-electron chi connectivity index (χ4n) is 5.59. The highest BCUT2D eigenvalue weighted by Crippen LogP contribution is 2.46. The quantitative estimate of drug-likeness (QED) is 0.501. The SMILES string of the molecule is COc1ccc([C@@H](CC(=O)NC2CC(C)(C)NC(C)(C)C2)c2c(O)cc(C)oc2=O)c(OC)c1OC. The molecular formula is C27H38N2O7. The average Bonchev–Trinajstić information content (AvgIpc) is 2.74. The van der Waals surface area contributed by atoms with Crippen molar-refractivity contribution in [3.05, 3.63) is 45.5 Å². The zero-order chi connectivity index (χ0) is 26.8. The highest BCUT2D eigenvalue weighted by molar-refractivity contribution is 5.78. The van der Waals surface area contributed by atoms with Gasteiger partial charge in [0, 0.05) is 41.1 Å². The molecule has 1 saturated heterocycles. The Morgan fingerprint density at radius 3 is 2.25 bits per heavy atom. The maximum absolute atomic E-state index is 13.4. The highest BCUT2D eigenvalue weighted by Gasteiger charge is 2.39. The van der Waals surface area contributed by atoms with Gasteiger partial charge in [0.05, 0.1) is 26.9 Å². The zero-order valence-electron chi connectivity index (χ0n) is 22.4. The largest absolute Gasteiger partial charge is 0.507 e. The predicted molar refractivity (Wildman–Crippen MR) is 136 cm³/mol. The molecule has 1 aromatic carbocycles. The number of nitrogens with one attached hydrogen (secondary N) is 2. The number of aromatic hydroxyl groups is 1. The molecule has 0 bridgehead atoms. The number of hydrogen-bond acceptors (Lipinski definition) is 8. The third-order valence-corrected chi connectivity index (χ3v) is 6.49. The second kappa shape index (κ2) is 10.4. The van der Waals surface area contributed by atoms with Crippen molar-refractivity contribution in [2.24, 2.45) is 0 Å². The topological polar surface area (TPSA) is 119 Å². The van der Waals surface area contributed by atoms with E-state index in [1.54, 1.807) is 19.1 Å². The third kappa shape index (κ3) is 5.95. The average molecular weight is 503 g/mol. The van der Waals surface area contributed by atoms with E-state index in [-0.39, 0.29) is 46.5 Å². The van der Waals surface area contributed by atoms with Crippen molar-refractivity contribution in [2.75, 3.05) is 21.3 Å². The van der Waals surface area contributed by atoms with E-state index in [2.05, 4.69) is 38.3 Å². The van der Waals surface area contributed by atoms with Crippen LogP contribution in [0, 0.1) is 6.92 Å². The first kappa shape index (κ1) is 27.4. The van der Waals surface area contributed by atoms with Crippen LogP contribution in [0.5, 0.6) is 23.0 Å². The Kier molecular flexibility index (Phi) is 7.93. The van der Waals surface area contributed by atoms with E-state index in [9.17, 15) is 14.7 Å². The van der Waals surface area contributed by atoms with Crippen LogP contribution in [-0.4, -0.2) is 49.5 Å². The second-order valence-electron chi connectivity index (χ2n) is 10.7. The number of benzene rings is 1. The highest BCUT2D eigenvalue weighted by atomic mass is 16.5. The zero-order valence-corrected chi connectivity index (χ0v) is 22.4. The Morgan fingerprint density at radius 2 is 1.72 bits per heavy atom. The van der Waals surface area contributed by atoms with Crippen molar-refractivity contribution in [1.29, 1.82) is 0 Å². The number of aryl methyl sites for hydroxylation is 1. The summed E-state index contributed by atoms with van der Waals surface area (Å²) in [6.45, 7) is 10.0. The molecule has 1 atom stereocenters. The number of rotatable bonds is 8. The van der Waals surface area contributed by atoms with Gasteiger partial charge in [0.25, 0.3) is 0 Å². The molecule has 198 valence electrons. The van der Waals surface area contributed by atoms with Crippen molar-refractivity contribution in [1.82, 2.24) is 10.6 Å². The van der Waals surface area contributed by atoms with E-state index >= 15 is 0 Å². The number of amides is 1. The Morgan fingerprint density at radius 1 is 1.11 bits per heavy atom. The summed E-state index contributed by atoms with van der Waals surface area (Å²) in [4.78, 5) is 26.3. The molecule has 1 amide bonds. The molecule has 36 heavy (non-hydrogen) atoms. The molecule has 1 aliphatic heterocycles. The molecule has 1 aromatic heterocycles. The molecule has 0 aliphatic carbocycles. The van der Waals surface area contributed by atoms with E-state index in [1.165, 1.54) is 27.4 Å². The lowest BCUT2D eigenvalue weighted by molar-refractivity contribution is -0.122. The van der Waals surface area contributed by atoms with Gasteiger partial charge in [0.2, 0.25) is 11.7 Å². The number of piperidine rings is 1. The Balaban J connectivity index is 2.05. The third-order valence-electron chi connectivity index (χ3n) is 6.49. The number of methoxy groups -OCH3 is 3. The van der Waals surface area contributed by atoms with Gasteiger partial charge in [-0.15, -0.1) is 0 Å². The summed E-state index contributed by atoms with van der Waals surface area (Å²) in [7, 11) is 4.45. The van der Waals surface area contributed by atoms with Crippen molar-refractivity contribution in [2.45, 2.75) is 76.9 Å². The van der Waals surface area contributed by atoms with Gasteiger partial charge >= 0.3 is 5.63 Å². The summed E-state index contributed by atoms with van der Waals surface area (Å²) < 4.78 is 21.8. The fraction of sp³-hybridized carbons (Fsp3) is 0.556. The minimum atomic E-state index is -0.862. The van der Waals surface area contributed by atoms with Gasteiger partial charge in [0.1, 0.15) is 11.5 Å². The number of carbonyl (C=O) groups is 1. The second-order valence-corrected chi connectivity index (χ2v) is 10.7. The predicted octanol–water partition coefficient (Wildman–Crippen LogP) is 3.63. The van der Waals surface area contributed by atoms with Gasteiger partial charge in [-0.1, -0.05) is 6.07 Å². The van der Waals surface area contributed by atoms with Crippen LogP contribution in [0.15, 0.2) is 27.4 Å². The molecule has 0 radical (unpaired) electrons. The molecule has 9 nitrogen and oxygen atoms in total. The molecule has 2 heterocycles. The van der Waals surface area contributed by atoms with Gasteiger partial charge in [0.15, 0.2) is 11.5 Å². The lowest BCUT2D eigenvalue weighted by atomic mass is 9.79. The van der Waals surface area contributed by atoms with E-state index in [0.717, 1.165) is 12.8 Å². The first-order chi connectivity index (χ1) is 16.8. The molecule has 1 aliphatic rings. The smallest absolute Gasteiger partial charge is 0.343 e. The normalized spacial score (nSPS) is 17.8. The first-order valence-electron chi connectivity index (χ1n) is 12.0. The van der Waals surface area contributed by atoms with Crippen molar-refractivity contribution >= 4 is 5.91 Å². The summed E-state index contributed by atoms with van der Waals surface area (Å²) in [5.74, 6) is -0.0426. The molecule has 2 aromatic rings. The molecule has 1 fully saturated rings. The Bertz CT molecular complexity index is 1150. The monoisotopic (exact) mass is 502 g/mol. The summed E-state index contributed by atoms with van der Waals surface area (Å²) in [6.07, 6.45) is 1.40. The standard InChI is InChI=1S/C27H38N2O7/c1-15-11-19(30)22(25(32)36-15)18(17-9-10-20(33-6)24(35-8)23(17)34-7)12-21(31)28-16-13-26(2,3)29-27(4,5)14-16/h9-11,16,18,29-30H,12-14H2,1-8H3,(H,28,31)/t18-/m1/s1. The summed E-state index contributed by atoms with van der Waals surface area (Å²) in [5.41, 5.74) is -0.551. The molecule has 3 N–H and O–H groups in total. The van der Waals surface area contributed by atoms with Gasteiger partial charge in [-0.25, -0.2) is 4.79 Å². The Hall–Kier alpha value is -3.20. The van der Waals surface area contributed by atoms with Crippen molar-refractivity contribution in [3.8, 4) is 23.0 Å². The van der Waals surface area contributed by atoms with Crippen LogP contribution >= 0.6 is 0 Å². The molecular weight excluding hydrogens is 464 g/mol. The van der Waals surface area contributed by atoms with Gasteiger partial charge in [-0.3, -0.25) is 4.79 Å². The lowest BCUT2D eigenvalue weighted by Gasteiger charge is -2.46. The van der Waals surface area contributed by atoms with Crippen LogP contribution < -0.4 is 30.5 Å². The van der Waals surface area contributed by atoms with Gasteiger partial charge in [-0.2, -0.15) is 0 Å². The minimum absolute atomic E-state index is 0.0211. The molecule has 3 rings (SSSR count). The first-order valence-corrected chi connectivity index (χ1v) is 12.0. The van der Waals surface area contributed by atoms with Crippen LogP contribution in [0.1, 0.15) is 69.8 Å². The molecule has 9 heteroatoms. The molecule has 0 spiro atoms. The number of ether oxygens (including phenoxy) is 3. The minimum Gasteiger partial charge on any atom is -0.507 e. The Labute approximate surface area is 212 Å². The molecule has 0 unspecified atom stereocenters. The van der Waals surface area contributed by atoms with Gasteiger partial charge < -0.3 is 34.4 Å². The summed E-state index contributed by atoms with van der Waals surface area (Å²) >= 11 is 0. The van der Waals surface area contributed by atoms with Crippen LogP contribution in [0.4, 0.5) is 0 Å².